The zero-order valence-electron chi connectivity index (χ0n) is 16.8. The second-order valence-electron chi connectivity index (χ2n) is 7.51. The molecule has 7 nitrogen and oxygen atoms in total. The van der Waals surface area contributed by atoms with Crippen molar-refractivity contribution < 1.29 is 9.53 Å². The average molecular weight is 501 g/mol. The van der Waals surface area contributed by atoms with E-state index in [1.54, 1.807) is 0 Å². The Bertz CT molecular complexity index is 665. The first-order valence-corrected chi connectivity index (χ1v) is 9.90. The number of hydrogen-bond donors (Lipinski definition) is 4. The maximum Gasteiger partial charge on any atom is 0.319 e. The van der Waals surface area contributed by atoms with E-state index in [1.807, 2.05) is 38.1 Å². The molecule has 0 saturated carbocycles. The summed E-state index contributed by atoms with van der Waals surface area (Å²) in [6.07, 6.45) is 4.13. The molecule has 0 radical (unpaired) electrons. The summed E-state index contributed by atoms with van der Waals surface area (Å²) in [7, 11) is 0. The minimum atomic E-state index is -0.192. The molecule has 2 saturated heterocycles. The summed E-state index contributed by atoms with van der Waals surface area (Å²) in [5.41, 5.74) is 1.86. The first-order chi connectivity index (χ1) is 13.0. The minimum Gasteiger partial charge on any atom is -0.373 e. The van der Waals surface area contributed by atoms with Gasteiger partial charge in [0.05, 0.1) is 24.8 Å². The highest BCUT2D eigenvalue weighted by atomic mass is 127. The first kappa shape index (κ1) is 22.7. The Morgan fingerprint density at radius 2 is 2.00 bits per heavy atom. The van der Waals surface area contributed by atoms with Gasteiger partial charge in [0.1, 0.15) is 0 Å². The van der Waals surface area contributed by atoms with E-state index >= 15 is 0 Å². The SMILES string of the molecule is CCNC(=NCc1ccc(NC(=O)NC(C)C)cc1)NC1CC2CCC1O2.I. The molecule has 2 fully saturated rings. The third kappa shape index (κ3) is 6.51. The van der Waals surface area contributed by atoms with Crippen molar-refractivity contribution in [3.63, 3.8) is 0 Å². The van der Waals surface area contributed by atoms with Crippen molar-refractivity contribution in [3.05, 3.63) is 29.8 Å². The number of ether oxygens (including phenoxy) is 1. The second-order valence-corrected chi connectivity index (χ2v) is 7.51. The summed E-state index contributed by atoms with van der Waals surface area (Å²) in [6, 6.07) is 8.03. The smallest absolute Gasteiger partial charge is 0.319 e. The van der Waals surface area contributed by atoms with Gasteiger partial charge in [0.2, 0.25) is 0 Å². The van der Waals surface area contributed by atoms with Crippen molar-refractivity contribution in [3.8, 4) is 0 Å². The van der Waals surface area contributed by atoms with Crippen LogP contribution in [0.5, 0.6) is 0 Å². The standard InChI is InChI=1S/C20H31N5O2.HI/c1-4-21-19(25-17-11-16-9-10-18(17)27-16)22-12-14-5-7-15(8-6-14)24-20(26)23-13(2)3;/h5-8,13,16-18H,4,9-12H2,1-3H3,(H2,21,22,25)(H2,23,24,26);1H. The molecule has 2 bridgehead atoms. The van der Waals surface area contributed by atoms with E-state index in [9.17, 15) is 4.79 Å². The van der Waals surface area contributed by atoms with Gasteiger partial charge < -0.3 is 26.0 Å². The van der Waals surface area contributed by atoms with E-state index in [0.717, 1.165) is 36.6 Å². The molecule has 3 rings (SSSR count). The zero-order valence-corrected chi connectivity index (χ0v) is 19.2. The fourth-order valence-corrected chi connectivity index (χ4v) is 3.58. The maximum absolute atomic E-state index is 11.7. The minimum absolute atomic E-state index is 0. The number of rotatable bonds is 6. The number of guanidine groups is 1. The molecule has 3 unspecified atom stereocenters. The van der Waals surface area contributed by atoms with Crippen LogP contribution in [0.2, 0.25) is 0 Å². The van der Waals surface area contributed by atoms with Gasteiger partial charge in [0.25, 0.3) is 0 Å². The fraction of sp³-hybridized carbons (Fsp3) is 0.600. The Morgan fingerprint density at radius 1 is 1.25 bits per heavy atom. The van der Waals surface area contributed by atoms with E-state index in [4.69, 9.17) is 9.73 Å². The second kappa shape index (κ2) is 10.8. The molecule has 0 aliphatic carbocycles. The largest absolute Gasteiger partial charge is 0.373 e. The van der Waals surface area contributed by atoms with Gasteiger partial charge in [-0.1, -0.05) is 12.1 Å². The number of fused-ring (bicyclic) bond motifs is 2. The molecular weight excluding hydrogens is 469 g/mol. The summed E-state index contributed by atoms with van der Waals surface area (Å²) in [6.45, 7) is 7.33. The Balaban J connectivity index is 0.00000280. The molecule has 0 spiro atoms. The highest BCUT2D eigenvalue weighted by molar-refractivity contribution is 14.0. The molecule has 2 heterocycles. The Labute approximate surface area is 184 Å². The van der Waals surface area contributed by atoms with Crippen molar-refractivity contribution >= 4 is 41.7 Å². The van der Waals surface area contributed by atoms with Gasteiger partial charge in [-0.2, -0.15) is 0 Å². The molecule has 4 N–H and O–H groups in total. The first-order valence-electron chi connectivity index (χ1n) is 9.90. The molecule has 0 aromatic heterocycles. The highest BCUT2D eigenvalue weighted by Gasteiger charge is 2.41. The summed E-state index contributed by atoms with van der Waals surface area (Å²) in [5, 5.41) is 12.5. The Morgan fingerprint density at radius 3 is 2.57 bits per heavy atom. The monoisotopic (exact) mass is 501 g/mol. The number of aliphatic imine (C=N–C) groups is 1. The summed E-state index contributed by atoms with van der Waals surface area (Å²) < 4.78 is 5.91. The summed E-state index contributed by atoms with van der Waals surface area (Å²) in [5.74, 6) is 0.831. The summed E-state index contributed by atoms with van der Waals surface area (Å²) >= 11 is 0. The number of halogens is 1. The van der Waals surface area contributed by atoms with Crippen molar-refractivity contribution in [2.75, 3.05) is 11.9 Å². The quantitative estimate of drug-likeness (QED) is 0.274. The average Bonchev–Trinajstić information content (AvgIpc) is 3.23. The third-order valence-electron chi connectivity index (χ3n) is 4.82. The molecule has 8 heteroatoms. The number of nitrogens with one attached hydrogen (secondary N) is 4. The number of carbonyl (C=O) groups excluding carboxylic acids is 1. The van der Waals surface area contributed by atoms with Crippen molar-refractivity contribution in [1.82, 2.24) is 16.0 Å². The molecule has 2 aliphatic rings. The molecule has 2 aliphatic heterocycles. The van der Waals surface area contributed by atoms with Crippen LogP contribution in [0, 0.1) is 0 Å². The number of urea groups is 1. The number of hydrogen-bond acceptors (Lipinski definition) is 3. The number of amides is 2. The normalized spacial score (nSPS) is 23.3. The molecule has 1 aromatic rings. The maximum atomic E-state index is 11.7. The van der Waals surface area contributed by atoms with Crippen molar-refractivity contribution in [1.29, 1.82) is 0 Å². The van der Waals surface area contributed by atoms with Crippen LogP contribution in [-0.2, 0) is 11.3 Å². The van der Waals surface area contributed by atoms with Crippen LogP contribution in [0.1, 0.15) is 45.6 Å². The predicted octanol–water partition coefficient (Wildman–Crippen LogP) is 3.21. The number of benzene rings is 1. The van der Waals surface area contributed by atoms with Crippen LogP contribution in [-0.4, -0.2) is 42.8 Å². The van der Waals surface area contributed by atoms with E-state index in [2.05, 4.69) is 28.2 Å². The zero-order chi connectivity index (χ0) is 19.2. The van der Waals surface area contributed by atoms with Crippen LogP contribution < -0.4 is 21.3 Å². The van der Waals surface area contributed by atoms with Crippen molar-refractivity contribution in [2.45, 2.75) is 70.9 Å². The third-order valence-corrected chi connectivity index (χ3v) is 4.82. The predicted molar refractivity (Wildman–Crippen MR) is 123 cm³/mol. The van der Waals surface area contributed by atoms with E-state index < -0.39 is 0 Å². The summed E-state index contributed by atoms with van der Waals surface area (Å²) in [4.78, 5) is 16.4. The van der Waals surface area contributed by atoms with Crippen LogP contribution in [0.3, 0.4) is 0 Å². The molecule has 3 atom stereocenters. The van der Waals surface area contributed by atoms with Gasteiger partial charge in [-0.05, 0) is 57.7 Å². The topological polar surface area (TPSA) is 86.8 Å². The molecular formula is C20H32IN5O2. The van der Waals surface area contributed by atoms with Gasteiger partial charge in [-0.25, -0.2) is 9.79 Å². The lowest BCUT2D eigenvalue weighted by Gasteiger charge is -2.22. The van der Waals surface area contributed by atoms with Gasteiger partial charge in [-0.3, -0.25) is 0 Å². The van der Waals surface area contributed by atoms with E-state index in [0.29, 0.717) is 24.8 Å². The van der Waals surface area contributed by atoms with E-state index in [1.165, 1.54) is 6.42 Å². The molecule has 28 heavy (non-hydrogen) atoms. The fourth-order valence-electron chi connectivity index (χ4n) is 3.58. The van der Waals surface area contributed by atoms with Crippen LogP contribution in [0.4, 0.5) is 10.5 Å². The van der Waals surface area contributed by atoms with Gasteiger partial charge in [-0.15, -0.1) is 24.0 Å². The lowest BCUT2D eigenvalue weighted by Crippen LogP contribution is -2.47. The van der Waals surface area contributed by atoms with Crippen LogP contribution >= 0.6 is 24.0 Å². The Hall–Kier alpha value is -1.55. The number of anilines is 1. The lowest BCUT2D eigenvalue weighted by atomic mass is 9.96. The van der Waals surface area contributed by atoms with Gasteiger partial charge >= 0.3 is 6.03 Å². The molecule has 2 amide bonds. The van der Waals surface area contributed by atoms with E-state index in [-0.39, 0.29) is 36.0 Å². The number of carbonyl (C=O) groups is 1. The van der Waals surface area contributed by atoms with Gasteiger partial charge in [0, 0.05) is 18.3 Å². The van der Waals surface area contributed by atoms with Crippen molar-refractivity contribution in [2.24, 2.45) is 4.99 Å². The number of nitrogens with zero attached hydrogens (tertiary/aromatic N) is 1. The Kier molecular flexibility index (Phi) is 8.81. The lowest BCUT2D eigenvalue weighted by molar-refractivity contribution is 0.0992. The van der Waals surface area contributed by atoms with Gasteiger partial charge in [0.15, 0.2) is 5.96 Å². The molecule has 1 aromatic carbocycles. The van der Waals surface area contributed by atoms with Crippen LogP contribution in [0.25, 0.3) is 0 Å². The molecule has 156 valence electrons. The highest BCUT2D eigenvalue weighted by Crippen LogP contribution is 2.34. The van der Waals surface area contributed by atoms with Crippen LogP contribution in [0.15, 0.2) is 29.3 Å².